The highest BCUT2D eigenvalue weighted by Gasteiger charge is 2.31. The van der Waals surface area contributed by atoms with Gasteiger partial charge in [-0.2, -0.15) is 5.10 Å². The van der Waals surface area contributed by atoms with Gasteiger partial charge >= 0.3 is 12.1 Å². The monoisotopic (exact) mass is 542 g/mol. The number of esters is 1. The van der Waals surface area contributed by atoms with Crippen LogP contribution in [0.15, 0.2) is 55.0 Å². The molecule has 1 aromatic carbocycles. The van der Waals surface area contributed by atoms with E-state index >= 15 is 0 Å². The molecule has 4 aromatic heterocycles. The van der Waals surface area contributed by atoms with Gasteiger partial charge in [0.1, 0.15) is 17.8 Å². The van der Waals surface area contributed by atoms with Crippen molar-refractivity contribution in [3.05, 3.63) is 60.0 Å². The van der Waals surface area contributed by atoms with Crippen molar-refractivity contribution in [2.45, 2.75) is 31.7 Å². The molecule has 4 N–H and O–H groups in total. The summed E-state index contributed by atoms with van der Waals surface area (Å²) in [5, 5.41) is 6.88. The number of halogens is 1. The van der Waals surface area contributed by atoms with Gasteiger partial charge in [-0.3, -0.25) is 9.78 Å². The molecule has 0 spiro atoms. The fraction of sp³-hybridized carbons (Fsp3) is 0.222. The molecule has 0 aliphatic heterocycles. The third-order valence-electron chi connectivity index (χ3n) is 7.06. The smallest absolute Gasteiger partial charge is 0.383 e. The summed E-state index contributed by atoms with van der Waals surface area (Å²) >= 11 is 6.78. The van der Waals surface area contributed by atoms with Gasteiger partial charge in [0.2, 0.25) is 0 Å². The van der Waals surface area contributed by atoms with Crippen LogP contribution < -0.4 is 11.5 Å². The van der Waals surface area contributed by atoms with Crippen LogP contribution in [0, 0.1) is 5.92 Å². The van der Waals surface area contributed by atoms with E-state index < -0.39 is 18.0 Å². The average Bonchev–Trinajstić information content (AvgIpc) is 3.33. The Morgan fingerprint density at radius 2 is 1.82 bits per heavy atom. The van der Waals surface area contributed by atoms with E-state index in [0.717, 1.165) is 22.3 Å². The first-order valence-electron chi connectivity index (χ1n) is 12.4. The Hall–Kier alpha value is -4.64. The van der Waals surface area contributed by atoms with Gasteiger partial charge in [0.25, 0.3) is 0 Å². The molecule has 5 aromatic rings. The predicted molar refractivity (Wildman–Crippen MR) is 145 cm³/mol. The Morgan fingerprint density at radius 3 is 2.56 bits per heavy atom. The molecule has 0 atom stereocenters. The number of hydrogen-bond donors (Lipinski definition) is 2. The van der Waals surface area contributed by atoms with E-state index in [-0.39, 0.29) is 11.9 Å². The summed E-state index contributed by atoms with van der Waals surface area (Å²) in [7, 11) is 0. The largest absolute Gasteiger partial charge is 0.412 e. The minimum Gasteiger partial charge on any atom is -0.383 e. The second-order valence-corrected chi connectivity index (χ2v) is 9.84. The minimum absolute atomic E-state index is 0.0544. The molecule has 11 nitrogen and oxygen atoms in total. The standard InChI is InChI=1S/C27H23ClN8O3/c28-18-11-15-6-9-20(19-3-1-2-10-31-19)34-21(15)12-17(18)23-22-24(29)32-13-33-25(22)36(35-23)16-7-4-14(5-8-16)26(37)39-27(30)38/h1-3,6,9-14,16H,4-5,7-8H2,(H2,30,38)(H2,29,32,33). The third-order valence-corrected chi connectivity index (χ3v) is 7.37. The summed E-state index contributed by atoms with van der Waals surface area (Å²) < 4.78 is 6.41. The average molecular weight is 543 g/mol. The zero-order valence-corrected chi connectivity index (χ0v) is 21.4. The number of nitrogens with two attached hydrogens (primary N) is 2. The van der Waals surface area contributed by atoms with Crippen molar-refractivity contribution in [1.82, 2.24) is 29.7 Å². The van der Waals surface area contributed by atoms with E-state index in [4.69, 9.17) is 33.2 Å². The molecule has 1 aliphatic carbocycles. The molecule has 0 bridgehead atoms. The molecule has 4 heterocycles. The minimum atomic E-state index is -1.09. The number of anilines is 1. The van der Waals surface area contributed by atoms with Crippen molar-refractivity contribution in [2.24, 2.45) is 11.7 Å². The molecule has 39 heavy (non-hydrogen) atoms. The lowest BCUT2D eigenvalue weighted by atomic mass is 9.86. The Labute approximate surface area is 227 Å². The van der Waals surface area contributed by atoms with Gasteiger partial charge < -0.3 is 16.2 Å². The number of benzene rings is 1. The first-order chi connectivity index (χ1) is 18.9. The number of carbonyl (C=O) groups excluding carboxylic acids is 2. The van der Waals surface area contributed by atoms with Crippen LogP contribution in [0.2, 0.25) is 5.02 Å². The molecule has 1 fully saturated rings. The number of ether oxygens (including phenoxy) is 1. The third kappa shape index (κ3) is 4.61. The molecular formula is C27H23ClN8O3. The van der Waals surface area contributed by atoms with Gasteiger partial charge in [-0.05, 0) is 56.0 Å². The van der Waals surface area contributed by atoms with E-state index in [2.05, 4.69) is 19.7 Å². The van der Waals surface area contributed by atoms with Crippen LogP contribution in [-0.2, 0) is 9.53 Å². The second-order valence-electron chi connectivity index (χ2n) is 9.43. The number of amides is 1. The van der Waals surface area contributed by atoms with Crippen molar-refractivity contribution in [3.63, 3.8) is 0 Å². The lowest BCUT2D eigenvalue weighted by Gasteiger charge is -2.27. The Morgan fingerprint density at radius 1 is 1.00 bits per heavy atom. The van der Waals surface area contributed by atoms with Crippen LogP contribution in [0.1, 0.15) is 31.7 Å². The first-order valence-corrected chi connectivity index (χ1v) is 12.8. The molecule has 0 saturated heterocycles. The first kappa shape index (κ1) is 24.7. The van der Waals surface area contributed by atoms with Crippen molar-refractivity contribution in [1.29, 1.82) is 0 Å². The maximum Gasteiger partial charge on any atom is 0.412 e. The lowest BCUT2D eigenvalue weighted by Crippen LogP contribution is -2.29. The quantitative estimate of drug-likeness (QED) is 0.242. The highest BCUT2D eigenvalue weighted by Crippen LogP contribution is 2.40. The van der Waals surface area contributed by atoms with Crippen LogP contribution >= 0.6 is 11.6 Å². The summed E-state index contributed by atoms with van der Waals surface area (Å²) in [6.45, 7) is 0. The number of pyridine rings is 2. The van der Waals surface area contributed by atoms with Crippen LogP contribution in [0.25, 0.3) is 44.6 Å². The summed E-state index contributed by atoms with van der Waals surface area (Å²) in [5.74, 6) is -0.713. The van der Waals surface area contributed by atoms with Gasteiger partial charge in [0, 0.05) is 17.1 Å². The van der Waals surface area contributed by atoms with E-state index in [1.54, 1.807) is 6.20 Å². The van der Waals surface area contributed by atoms with Gasteiger partial charge in [0.15, 0.2) is 5.65 Å². The number of aromatic nitrogens is 6. The van der Waals surface area contributed by atoms with Crippen LogP contribution in [-0.4, -0.2) is 41.8 Å². The lowest BCUT2D eigenvalue weighted by molar-refractivity contribution is -0.143. The number of nitrogens with zero attached hydrogens (tertiary/aromatic N) is 6. The van der Waals surface area contributed by atoms with E-state index in [9.17, 15) is 9.59 Å². The van der Waals surface area contributed by atoms with Gasteiger partial charge in [-0.15, -0.1) is 0 Å². The summed E-state index contributed by atoms with van der Waals surface area (Å²) in [6.07, 6.45) is 4.32. The Kier molecular flexibility index (Phi) is 6.27. The molecule has 12 heteroatoms. The Balaban J connectivity index is 1.40. The molecule has 0 radical (unpaired) electrons. The van der Waals surface area contributed by atoms with Crippen molar-refractivity contribution in [3.8, 4) is 22.6 Å². The molecular weight excluding hydrogens is 520 g/mol. The topological polar surface area (TPSA) is 165 Å². The zero-order chi connectivity index (χ0) is 27.1. The molecule has 1 aliphatic rings. The van der Waals surface area contributed by atoms with Gasteiger partial charge in [0.05, 0.1) is 39.3 Å². The SMILES string of the molecule is NC(=O)OC(=O)C1CCC(n2nc(-c3cc4nc(-c5ccccn5)ccc4cc3Cl)c3c(N)ncnc32)CC1. The second kappa shape index (κ2) is 9.91. The van der Waals surface area contributed by atoms with E-state index in [0.29, 0.717) is 53.0 Å². The number of hydrogen-bond acceptors (Lipinski definition) is 9. The number of nitrogen functional groups attached to an aromatic ring is 1. The van der Waals surface area contributed by atoms with Gasteiger partial charge in [-0.1, -0.05) is 23.7 Å². The summed E-state index contributed by atoms with van der Waals surface area (Å²) in [6, 6.07) is 13.2. The van der Waals surface area contributed by atoms with Crippen LogP contribution in [0.5, 0.6) is 0 Å². The van der Waals surface area contributed by atoms with E-state index in [1.165, 1.54) is 6.33 Å². The van der Waals surface area contributed by atoms with Crippen molar-refractivity contribution < 1.29 is 14.3 Å². The molecule has 196 valence electrons. The Bertz CT molecular complexity index is 1730. The number of carbonyl (C=O) groups is 2. The highest BCUT2D eigenvalue weighted by molar-refractivity contribution is 6.34. The number of rotatable bonds is 4. The number of primary amides is 1. The normalized spacial score (nSPS) is 17.4. The zero-order valence-electron chi connectivity index (χ0n) is 20.6. The summed E-state index contributed by atoms with van der Waals surface area (Å²) in [4.78, 5) is 41.0. The highest BCUT2D eigenvalue weighted by atomic mass is 35.5. The van der Waals surface area contributed by atoms with Crippen LogP contribution in [0.4, 0.5) is 10.6 Å². The van der Waals surface area contributed by atoms with Crippen molar-refractivity contribution >= 4 is 51.4 Å². The number of fused-ring (bicyclic) bond motifs is 2. The molecule has 1 saturated carbocycles. The predicted octanol–water partition coefficient (Wildman–Crippen LogP) is 4.69. The fourth-order valence-electron chi connectivity index (χ4n) is 5.16. The maximum absolute atomic E-state index is 12.1. The van der Waals surface area contributed by atoms with Crippen molar-refractivity contribution in [2.75, 3.05) is 5.73 Å². The molecule has 0 unspecified atom stereocenters. The molecule has 6 rings (SSSR count). The van der Waals surface area contributed by atoms with Crippen LogP contribution in [0.3, 0.4) is 0 Å². The molecule has 1 amide bonds. The fourth-order valence-corrected chi connectivity index (χ4v) is 5.42. The maximum atomic E-state index is 12.1. The summed E-state index contributed by atoms with van der Waals surface area (Å²) in [5.41, 5.74) is 15.3. The van der Waals surface area contributed by atoms with E-state index in [1.807, 2.05) is 47.1 Å². The van der Waals surface area contributed by atoms with Gasteiger partial charge in [-0.25, -0.2) is 24.4 Å².